The highest BCUT2D eigenvalue weighted by Gasteiger charge is 2.40. The summed E-state index contributed by atoms with van der Waals surface area (Å²) in [6.07, 6.45) is 1.30. The molecule has 3 atom stereocenters. The minimum absolute atomic E-state index is 0.375. The second kappa shape index (κ2) is 2.61. The number of thiophene rings is 1. The van der Waals surface area contributed by atoms with Gasteiger partial charge in [-0.05, 0) is 47.6 Å². The topological polar surface area (TPSA) is 26.0 Å². The molecule has 0 saturated heterocycles. The molecule has 1 aliphatic rings. The summed E-state index contributed by atoms with van der Waals surface area (Å²) in [4.78, 5) is 0. The summed E-state index contributed by atoms with van der Waals surface area (Å²) in [6, 6.07) is 2.59. The van der Waals surface area contributed by atoms with Crippen LogP contribution < -0.4 is 5.73 Å². The van der Waals surface area contributed by atoms with Gasteiger partial charge in [-0.15, -0.1) is 0 Å². The van der Waals surface area contributed by atoms with Gasteiger partial charge >= 0.3 is 0 Å². The van der Waals surface area contributed by atoms with E-state index in [1.54, 1.807) is 11.3 Å². The van der Waals surface area contributed by atoms with Gasteiger partial charge in [0.25, 0.3) is 0 Å². The van der Waals surface area contributed by atoms with Gasteiger partial charge in [0, 0.05) is 6.04 Å². The van der Waals surface area contributed by atoms with Crippen LogP contribution in [0.15, 0.2) is 16.8 Å². The van der Waals surface area contributed by atoms with E-state index in [9.17, 15) is 0 Å². The van der Waals surface area contributed by atoms with Crippen molar-refractivity contribution in [2.75, 3.05) is 0 Å². The van der Waals surface area contributed by atoms with E-state index < -0.39 is 0 Å². The molecule has 0 bridgehead atoms. The van der Waals surface area contributed by atoms with Crippen molar-refractivity contribution in [3.63, 3.8) is 0 Å². The molecule has 0 aromatic carbocycles. The van der Waals surface area contributed by atoms with Crippen LogP contribution in [0.2, 0.25) is 0 Å². The largest absolute Gasteiger partial charge is 0.328 e. The highest BCUT2D eigenvalue weighted by Crippen LogP contribution is 2.49. The maximum atomic E-state index is 5.80. The summed E-state index contributed by atoms with van der Waals surface area (Å²) in [7, 11) is 0. The molecule has 3 unspecified atom stereocenters. The summed E-state index contributed by atoms with van der Waals surface area (Å²) < 4.78 is 0. The van der Waals surface area contributed by atoms with Crippen LogP contribution in [0.5, 0.6) is 0 Å². The van der Waals surface area contributed by atoms with Gasteiger partial charge in [-0.25, -0.2) is 0 Å². The summed E-state index contributed by atoms with van der Waals surface area (Å²) in [5, 5.41) is 4.39. The van der Waals surface area contributed by atoms with Gasteiger partial charge in [0.1, 0.15) is 0 Å². The Bertz CT molecular complexity index is 228. The highest BCUT2D eigenvalue weighted by atomic mass is 32.1. The van der Waals surface area contributed by atoms with Gasteiger partial charge in [-0.2, -0.15) is 11.3 Å². The molecule has 1 saturated carbocycles. The molecule has 1 aliphatic carbocycles. The lowest BCUT2D eigenvalue weighted by Gasteiger charge is -2.00. The van der Waals surface area contributed by atoms with Gasteiger partial charge in [0.15, 0.2) is 0 Å². The van der Waals surface area contributed by atoms with E-state index in [0.29, 0.717) is 6.04 Å². The van der Waals surface area contributed by atoms with E-state index in [4.69, 9.17) is 5.73 Å². The van der Waals surface area contributed by atoms with Gasteiger partial charge in [-0.3, -0.25) is 0 Å². The molecule has 1 nitrogen and oxygen atoms in total. The fourth-order valence-corrected chi connectivity index (χ4v) is 2.39. The molecule has 1 aromatic heterocycles. The molecule has 2 rings (SSSR count). The molecule has 1 fully saturated rings. The first kappa shape index (κ1) is 7.32. The van der Waals surface area contributed by atoms with Gasteiger partial charge in [0.2, 0.25) is 0 Å². The molecular weight excluding hydrogens is 154 g/mol. The van der Waals surface area contributed by atoms with Gasteiger partial charge in [-0.1, -0.05) is 0 Å². The van der Waals surface area contributed by atoms with E-state index >= 15 is 0 Å². The minimum atomic E-state index is 0.375. The van der Waals surface area contributed by atoms with E-state index in [-0.39, 0.29) is 0 Å². The first-order chi connectivity index (χ1) is 5.29. The lowest BCUT2D eigenvalue weighted by atomic mass is 10.1. The highest BCUT2D eigenvalue weighted by molar-refractivity contribution is 7.08. The smallest absolute Gasteiger partial charge is 0.00448 e. The van der Waals surface area contributed by atoms with E-state index in [2.05, 4.69) is 23.8 Å². The Morgan fingerprint density at radius 1 is 1.73 bits per heavy atom. The predicted octanol–water partition coefficient (Wildman–Crippen LogP) is 2.20. The molecular formula is C9H13NS. The zero-order chi connectivity index (χ0) is 7.84. The summed E-state index contributed by atoms with van der Waals surface area (Å²) in [5.74, 6) is 1.53. The molecule has 0 amide bonds. The van der Waals surface area contributed by atoms with Crippen molar-refractivity contribution in [1.82, 2.24) is 0 Å². The number of hydrogen-bond acceptors (Lipinski definition) is 2. The zero-order valence-electron chi connectivity index (χ0n) is 6.66. The Hall–Kier alpha value is -0.340. The lowest BCUT2D eigenvalue weighted by Crippen LogP contribution is -2.17. The molecule has 0 aliphatic heterocycles. The maximum absolute atomic E-state index is 5.80. The Morgan fingerprint density at radius 2 is 2.55 bits per heavy atom. The van der Waals surface area contributed by atoms with Crippen LogP contribution in [0.25, 0.3) is 0 Å². The Balaban J connectivity index is 2.02. The SMILES string of the molecule is CC(N)C1CC1c1ccsc1. The third kappa shape index (κ3) is 1.33. The van der Waals surface area contributed by atoms with Crippen molar-refractivity contribution >= 4 is 11.3 Å². The third-order valence-corrected chi connectivity index (χ3v) is 3.19. The predicted molar refractivity (Wildman–Crippen MR) is 48.8 cm³/mol. The average molecular weight is 167 g/mol. The Labute approximate surface area is 71.2 Å². The van der Waals surface area contributed by atoms with Crippen molar-refractivity contribution in [1.29, 1.82) is 0 Å². The van der Waals surface area contributed by atoms with Crippen LogP contribution in [-0.4, -0.2) is 6.04 Å². The fourth-order valence-electron chi connectivity index (χ4n) is 1.66. The van der Waals surface area contributed by atoms with Crippen molar-refractivity contribution in [2.45, 2.75) is 25.3 Å². The van der Waals surface area contributed by atoms with Crippen LogP contribution in [-0.2, 0) is 0 Å². The summed E-state index contributed by atoms with van der Waals surface area (Å²) in [5.41, 5.74) is 7.30. The van der Waals surface area contributed by atoms with Gasteiger partial charge < -0.3 is 5.73 Å². The van der Waals surface area contributed by atoms with E-state index in [1.165, 1.54) is 12.0 Å². The standard InChI is InChI=1S/C9H13NS/c1-6(10)8-4-9(8)7-2-3-11-5-7/h2-3,5-6,8-9H,4,10H2,1H3. The maximum Gasteiger partial charge on any atom is 0.00448 e. The Morgan fingerprint density at radius 3 is 3.00 bits per heavy atom. The second-order valence-corrected chi connectivity index (χ2v) is 4.20. The van der Waals surface area contributed by atoms with Gasteiger partial charge in [0.05, 0.1) is 0 Å². The quantitative estimate of drug-likeness (QED) is 0.718. The first-order valence-electron chi connectivity index (χ1n) is 4.06. The van der Waals surface area contributed by atoms with Crippen LogP contribution in [0.3, 0.4) is 0 Å². The fraction of sp³-hybridized carbons (Fsp3) is 0.556. The monoisotopic (exact) mass is 167 g/mol. The van der Waals surface area contributed by atoms with Crippen LogP contribution in [0.4, 0.5) is 0 Å². The molecule has 1 heterocycles. The average Bonchev–Trinajstić information content (AvgIpc) is 2.60. The number of nitrogens with two attached hydrogens (primary N) is 1. The zero-order valence-corrected chi connectivity index (χ0v) is 7.47. The first-order valence-corrected chi connectivity index (χ1v) is 5.01. The van der Waals surface area contributed by atoms with Crippen molar-refractivity contribution in [2.24, 2.45) is 11.7 Å². The molecule has 0 radical (unpaired) electrons. The van der Waals surface area contributed by atoms with E-state index in [1.807, 2.05) is 0 Å². The molecule has 0 spiro atoms. The minimum Gasteiger partial charge on any atom is -0.328 e. The Kier molecular flexibility index (Phi) is 1.74. The van der Waals surface area contributed by atoms with Crippen LogP contribution >= 0.6 is 11.3 Å². The number of rotatable bonds is 2. The molecule has 2 N–H and O–H groups in total. The van der Waals surface area contributed by atoms with Crippen molar-refractivity contribution in [3.05, 3.63) is 22.4 Å². The summed E-state index contributed by atoms with van der Waals surface area (Å²) in [6.45, 7) is 2.11. The van der Waals surface area contributed by atoms with Crippen LogP contribution in [0, 0.1) is 5.92 Å². The molecule has 2 heteroatoms. The number of hydrogen-bond donors (Lipinski definition) is 1. The van der Waals surface area contributed by atoms with Crippen molar-refractivity contribution in [3.8, 4) is 0 Å². The lowest BCUT2D eigenvalue weighted by molar-refractivity contribution is 0.632. The normalized spacial score (nSPS) is 31.8. The molecule has 1 aromatic rings. The van der Waals surface area contributed by atoms with Crippen molar-refractivity contribution < 1.29 is 0 Å². The van der Waals surface area contributed by atoms with Crippen LogP contribution in [0.1, 0.15) is 24.8 Å². The molecule has 11 heavy (non-hydrogen) atoms. The third-order valence-electron chi connectivity index (χ3n) is 2.49. The molecule has 60 valence electrons. The summed E-state index contributed by atoms with van der Waals surface area (Å²) >= 11 is 1.78. The second-order valence-electron chi connectivity index (χ2n) is 3.42. The van der Waals surface area contributed by atoms with E-state index in [0.717, 1.165) is 11.8 Å².